The number of aryl methyl sites for hydroxylation is 1. The average molecular weight is 431 g/mol. The monoisotopic (exact) mass is 430 g/mol. The Hall–Kier alpha value is -3.49. The molecule has 2 aliphatic rings. The van der Waals surface area contributed by atoms with Crippen molar-refractivity contribution in [2.75, 3.05) is 18.4 Å². The van der Waals surface area contributed by atoms with Crippen LogP contribution >= 0.6 is 0 Å². The standard InChI is InChI=1S/C23H26N8O/c1-14-28-29-19-6-5-15(13-31(14)19)17-11-24-20-18(17)12-25-22(27-20)26-16-9-23(2,10-16)21(32)30-7-3-4-8-30/h5-6,11-13,16H,3-4,7-10H2,1-2H3,(H2,24,25,26,27)/t16-,23-. The Morgan fingerprint density at radius 2 is 2.03 bits per heavy atom. The number of amides is 1. The topological polar surface area (TPSA) is 104 Å². The summed E-state index contributed by atoms with van der Waals surface area (Å²) in [6.45, 7) is 5.84. The van der Waals surface area contributed by atoms with Crippen molar-refractivity contribution in [2.45, 2.75) is 45.6 Å². The first kappa shape index (κ1) is 19.2. The fourth-order valence-electron chi connectivity index (χ4n) is 5.17. The molecule has 0 spiro atoms. The van der Waals surface area contributed by atoms with E-state index in [0.29, 0.717) is 11.9 Å². The van der Waals surface area contributed by atoms with E-state index in [1.807, 2.05) is 46.9 Å². The van der Waals surface area contributed by atoms with Crippen LogP contribution in [0, 0.1) is 12.3 Å². The van der Waals surface area contributed by atoms with Crippen LogP contribution in [0.5, 0.6) is 0 Å². The van der Waals surface area contributed by atoms with E-state index in [-0.39, 0.29) is 11.5 Å². The van der Waals surface area contributed by atoms with Crippen LogP contribution in [0.4, 0.5) is 5.95 Å². The Morgan fingerprint density at radius 3 is 2.84 bits per heavy atom. The van der Waals surface area contributed by atoms with Crippen LogP contribution in [0.3, 0.4) is 0 Å². The zero-order valence-corrected chi connectivity index (χ0v) is 18.3. The smallest absolute Gasteiger partial charge is 0.228 e. The number of anilines is 1. The van der Waals surface area contributed by atoms with Gasteiger partial charge in [0.15, 0.2) is 5.65 Å². The van der Waals surface area contributed by atoms with Crippen LogP contribution in [0.2, 0.25) is 0 Å². The van der Waals surface area contributed by atoms with Crippen molar-refractivity contribution < 1.29 is 4.79 Å². The highest BCUT2D eigenvalue weighted by atomic mass is 16.2. The van der Waals surface area contributed by atoms with Crippen molar-refractivity contribution in [3.63, 3.8) is 0 Å². The van der Waals surface area contributed by atoms with Gasteiger partial charge in [-0.05, 0) is 44.7 Å². The number of nitrogens with zero attached hydrogens (tertiary/aromatic N) is 6. The molecule has 4 aromatic heterocycles. The normalized spacial score (nSPS) is 23.1. The summed E-state index contributed by atoms with van der Waals surface area (Å²) in [5.41, 5.74) is 3.43. The van der Waals surface area contributed by atoms with Crippen LogP contribution in [-0.2, 0) is 4.79 Å². The molecule has 6 rings (SSSR count). The summed E-state index contributed by atoms with van der Waals surface area (Å²) in [6.07, 6.45) is 9.73. The predicted molar refractivity (Wildman–Crippen MR) is 121 cm³/mol. The number of hydrogen-bond donors (Lipinski definition) is 2. The number of aromatic nitrogens is 6. The number of pyridine rings is 1. The van der Waals surface area contributed by atoms with E-state index in [1.165, 1.54) is 0 Å². The summed E-state index contributed by atoms with van der Waals surface area (Å²) in [5.74, 6) is 1.75. The summed E-state index contributed by atoms with van der Waals surface area (Å²) >= 11 is 0. The van der Waals surface area contributed by atoms with Crippen molar-refractivity contribution in [1.82, 2.24) is 34.4 Å². The number of carbonyl (C=O) groups is 1. The van der Waals surface area contributed by atoms with Gasteiger partial charge in [0.2, 0.25) is 11.9 Å². The minimum absolute atomic E-state index is 0.220. The van der Waals surface area contributed by atoms with E-state index in [1.54, 1.807) is 0 Å². The number of H-pyrrole nitrogens is 1. The lowest BCUT2D eigenvalue weighted by Gasteiger charge is -2.45. The largest absolute Gasteiger partial charge is 0.351 e. The van der Waals surface area contributed by atoms with E-state index in [9.17, 15) is 4.79 Å². The van der Waals surface area contributed by atoms with Crippen molar-refractivity contribution >= 4 is 28.5 Å². The quantitative estimate of drug-likeness (QED) is 0.515. The molecule has 0 unspecified atom stereocenters. The van der Waals surface area contributed by atoms with Crippen molar-refractivity contribution in [2.24, 2.45) is 5.41 Å². The molecule has 164 valence electrons. The number of rotatable bonds is 4. The average Bonchev–Trinajstić information content (AvgIpc) is 3.52. The van der Waals surface area contributed by atoms with Gasteiger partial charge < -0.3 is 15.2 Å². The Labute approximate surface area is 185 Å². The summed E-state index contributed by atoms with van der Waals surface area (Å²) in [5, 5.41) is 12.6. The number of nitrogens with one attached hydrogen (secondary N) is 2. The molecule has 0 atom stereocenters. The van der Waals surface area contributed by atoms with Crippen LogP contribution in [0.15, 0.2) is 30.7 Å². The Balaban J connectivity index is 1.19. The fraction of sp³-hybridized carbons (Fsp3) is 0.435. The van der Waals surface area contributed by atoms with Gasteiger partial charge in [0, 0.05) is 54.2 Å². The van der Waals surface area contributed by atoms with Crippen molar-refractivity contribution in [1.29, 1.82) is 0 Å². The molecule has 0 radical (unpaired) electrons. The van der Waals surface area contributed by atoms with Gasteiger partial charge in [0.25, 0.3) is 0 Å². The molecule has 2 fully saturated rings. The zero-order valence-electron chi connectivity index (χ0n) is 18.3. The fourth-order valence-corrected chi connectivity index (χ4v) is 5.17. The lowest BCUT2D eigenvalue weighted by atomic mass is 9.66. The molecule has 1 amide bonds. The Morgan fingerprint density at radius 1 is 1.22 bits per heavy atom. The molecular formula is C23H26N8O. The Bertz CT molecular complexity index is 1330. The van der Waals surface area contributed by atoms with E-state index >= 15 is 0 Å². The predicted octanol–water partition coefficient (Wildman–Crippen LogP) is 3.18. The van der Waals surface area contributed by atoms with Crippen LogP contribution in [0.25, 0.3) is 27.8 Å². The third-order valence-electron chi connectivity index (χ3n) is 6.95. The molecule has 5 heterocycles. The molecule has 9 nitrogen and oxygen atoms in total. The van der Waals surface area contributed by atoms with Gasteiger partial charge in [-0.1, -0.05) is 6.92 Å². The van der Waals surface area contributed by atoms with Gasteiger partial charge >= 0.3 is 0 Å². The molecule has 9 heteroatoms. The van der Waals surface area contributed by atoms with Gasteiger partial charge in [-0.3, -0.25) is 9.20 Å². The number of fused-ring (bicyclic) bond motifs is 2. The lowest BCUT2D eigenvalue weighted by molar-refractivity contribution is -0.145. The van der Waals surface area contributed by atoms with E-state index in [0.717, 1.165) is 72.4 Å². The van der Waals surface area contributed by atoms with Gasteiger partial charge in [-0.2, -0.15) is 4.98 Å². The van der Waals surface area contributed by atoms with Crippen LogP contribution in [-0.4, -0.2) is 59.5 Å². The maximum Gasteiger partial charge on any atom is 0.228 e. The van der Waals surface area contributed by atoms with Crippen molar-refractivity contribution in [3.8, 4) is 11.1 Å². The van der Waals surface area contributed by atoms with Gasteiger partial charge in [0.05, 0.1) is 5.41 Å². The second kappa shape index (κ2) is 7.01. The molecule has 2 N–H and O–H groups in total. The van der Waals surface area contributed by atoms with Crippen LogP contribution in [0.1, 0.15) is 38.4 Å². The maximum absolute atomic E-state index is 12.8. The minimum Gasteiger partial charge on any atom is -0.351 e. The molecule has 32 heavy (non-hydrogen) atoms. The summed E-state index contributed by atoms with van der Waals surface area (Å²) in [6, 6.07) is 4.21. The van der Waals surface area contributed by atoms with Crippen molar-refractivity contribution in [3.05, 3.63) is 36.5 Å². The number of carbonyl (C=O) groups excluding carboxylic acids is 1. The highest BCUT2D eigenvalue weighted by Crippen LogP contribution is 2.44. The molecular weight excluding hydrogens is 404 g/mol. The molecule has 0 aromatic carbocycles. The first-order valence-electron chi connectivity index (χ1n) is 11.2. The van der Waals surface area contributed by atoms with Crippen LogP contribution < -0.4 is 5.32 Å². The zero-order chi connectivity index (χ0) is 21.9. The summed E-state index contributed by atoms with van der Waals surface area (Å²) < 4.78 is 1.97. The third kappa shape index (κ3) is 3.03. The van der Waals surface area contributed by atoms with E-state index < -0.39 is 0 Å². The molecule has 4 aromatic rings. The Kier molecular flexibility index (Phi) is 4.21. The maximum atomic E-state index is 12.8. The molecule has 1 saturated carbocycles. The first-order valence-corrected chi connectivity index (χ1v) is 11.2. The summed E-state index contributed by atoms with van der Waals surface area (Å²) in [7, 11) is 0. The second-order valence-electron chi connectivity index (χ2n) is 9.36. The second-order valence-corrected chi connectivity index (χ2v) is 9.36. The highest BCUT2D eigenvalue weighted by Gasteiger charge is 2.48. The van der Waals surface area contributed by atoms with Gasteiger partial charge in [0.1, 0.15) is 11.5 Å². The summed E-state index contributed by atoms with van der Waals surface area (Å²) in [4.78, 5) is 27.3. The number of likely N-dealkylation sites (tertiary alicyclic amines) is 1. The van der Waals surface area contributed by atoms with E-state index in [2.05, 4.69) is 37.4 Å². The molecule has 1 saturated heterocycles. The van der Waals surface area contributed by atoms with E-state index in [4.69, 9.17) is 0 Å². The number of aromatic amines is 1. The molecule has 0 bridgehead atoms. The lowest BCUT2D eigenvalue weighted by Crippen LogP contribution is -2.53. The van der Waals surface area contributed by atoms with Gasteiger partial charge in [-0.25, -0.2) is 4.98 Å². The van der Waals surface area contributed by atoms with Gasteiger partial charge in [-0.15, -0.1) is 10.2 Å². The third-order valence-corrected chi connectivity index (χ3v) is 6.95. The highest BCUT2D eigenvalue weighted by molar-refractivity contribution is 5.93. The number of hydrogen-bond acceptors (Lipinski definition) is 6. The molecule has 1 aliphatic carbocycles. The minimum atomic E-state index is -0.259. The first-order chi connectivity index (χ1) is 15.5. The molecule has 1 aliphatic heterocycles. The SMILES string of the molecule is Cc1nnc2ccc(-c3c[nH]c4nc(N[C@H]5C[C@](C)(C(=O)N6CCCC6)C5)ncc34)cn12.